The molecule has 3 rings (SSSR count). The number of nitrogens with one attached hydrogen (secondary N) is 1. The number of benzene rings is 1. The summed E-state index contributed by atoms with van der Waals surface area (Å²) in [4.78, 5) is 17.2. The van der Waals surface area contributed by atoms with E-state index in [4.69, 9.17) is 0 Å². The Bertz CT molecular complexity index is 782. The van der Waals surface area contributed by atoms with E-state index in [0.717, 1.165) is 11.1 Å². The van der Waals surface area contributed by atoms with E-state index in [0.29, 0.717) is 12.4 Å². The molecule has 0 spiro atoms. The Labute approximate surface area is 133 Å². The first-order valence-corrected chi connectivity index (χ1v) is 7.21. The minimum Gasteiger partial charge on any atom is -0.350 e. The molecule has 7 nitrogen and oxygen atoms in total. The van der Waals surface area contributed by atoms with Gasteiger partial charge in [-0.3, -0.25) is 9.78 Å². The fraction of sp³-hybridized carbons (Fsp3) is 0.188. The second-order valence-corrected chi connectivity index (χ2v) is 5.14. The lowest BCUT2D eigenvalue weighted by Gasteiger charge is -2.05. The largest absolute Gasteiger partial charge is 0.350 e. The Hall–Kier alpha value is -3.09. The standard InChI is InChI=1S/C16H16N6O/c1-12-2-4-13(5-3-12)10-18-15(23)11-22-20-16(19-21-22)14-6-8-17-9-7-14/h2-9H,10-11H2,1H3,(H,18,23). The molecule has 0 saturated heterocycles. The van der Waals surface area contributed by atoms with Crippen molar-refractivity contribution in [3.63, 3.8) is 0 Å². The molecule has 0 fully saturated rings. The molecule has 0 atom stereocenters. The molecule has 2 heterocycles. The summed E-state index contributed by atoms with van der Waals surface area (Å²) in [5.41, 5.74) is 3.05. The van der Waals surface area contributed by atoms with Gasteiger partial charge < -0.3 is 5.32 Å². The van der Waals surface area contributed by atoms with E-state index in [2.05, 4.69) is 25.7 Å². The highest BCUT2D eigenvalue weighted by Crippen LogP contribution is 2.10. The number of hydrogen-bond acceptors (Lipinski definition) is 5. The second-order valence-electron chi connectivity index (χ2n) is 5.14. The van der Waals surface area contributed by atoms with Crippen LogP contribution in [0.1, 0.15) is 11.1 Å². The molecule has 0 aliphatic heterocycles. The summed E-state index contributed by atoms with van der Waals surface area (Å²) in [6.07, 6.45) is 3.31. The van der Waals surface area contributed by atoms with E-state index in [1.807, 2.05) is 31.2 Å². The number of tetrazole rings is 1. The molecule has 0 aliphatic rings. The number of nitrogens with zero attached hydrogens (tertiary/aromatic N) is 5. The average Bonchev–Trinajstić information content (AvgIpc) is 3.04. The van der Waals surface area contributed by atoms with Crippen molar-refractivity contribution in [2.75, 3.05) is 0 Å². The third-order valence-corrected chi connectivity index (χ3v) is 3.29. The molecule has 116 valence electrons. The maximum atomic E-state index is 11.9. The minimum absolute atomic E-state index is 0.0317. The van der Waals surface area contributed by atoms with Gasteiger partial charge >= 0.3 is 0 Å². The van der Waals surface area contributed by atoms with Gasteiger partial charge in [0, 0.05) is 24.5 Å². The normalized spacial score (nSPS) is 10.5. The zero-order valence-corrected chi connectivity index (χ0v) is 12.7. The van der Waals surface area contributed by atoms with Crippen molar-refractivity contribution in [1.29, 1.82) is 0 Å². The first-order valence-electron chi connectivity index (χ1n) is 7.21. The van der Waals surface area contributed by atoms with Crippen LogP contribution >= 0.6 is 0 Å². The molecular weight excluding hydrogens is 292 g/mol. The van der Waals surface area contributed by atoms with E-state index in [1.165, 1.54) is 10.4 Å². The average molecular weight is 308 g/mol. The molecule has 0 aliphatic carbocycles. The van der Waals surface area contributed by atoms with Crippen molar-refractivity contribution in [1.82, 2.24) is 30.5 Å². The highest BCUT2D eigenvalue weighted by molar-refractivity contribution is 5.75. The van der Waals surface area contributed by atoms with Crippen LogP contribution in [0.4, 0.5) is 0 Å². The predicted molar refractivity (Wildman–Crippen MR) is 84.1 cm³/mol. The van der Waals surface area contributed by atoms with Crippen LogP contribution in [0.15, 0.2) is 48.8 Å². The molecule has 2 aromatic heterocycles. The van der Waals surface area contributed by atoms with Gasteiger partial charge in [-0.15, -0.1) is 10.2 Å². The quantitative estimate of drug-likeness (QED) is 0.769. The molecule has 7 heteroatoms. The summed E-state index contributed by atoms with van der Waals surface area (Å²) in [6, 6.07) is 11.6. The van der Waals surface area contributed by atoms with Gasteiger partial charge in [-0.25, -0.2) is 0 Å². The Kier molecular flexibility index (Phi) is 4.37. The topological polar surface area (TPSA) is 85.6 Å². The highest BCUT2D eigenvalue weighted by atomic mass is 16.2. The van der Waals surface area contributed by atoms with Gasteiger partial charge in [0.15, 0.2) is 0 Å². The number of carbonyl (C=O) groups is 1. The van der Waals surface area contributed by atoms with Gasteiger partial charge in [-0.05, 0) is 29.8 Å². The van der Waals surface area contributed by atoms with Crippen molar-refractivity contribution in [2.24, 2.45) is 0 Å². The third-order valence-electron chi connectivity index (χ3n) is 3.29. The number of rotatable bonds is 5. The SMILES string of the molecule is Cc1ccc(CNC(=O)Cn2nnc(-c3ccncc3)n2)cc1. The maximum absolute atomic E-state index is 11.9. The Balaban J connectivity index is 1.56. The number of amides is 1. The molecule has 1 N–H and O–H groups in total. The first-order chi connectivity index (χ1) is 11.2. The Morgan fingerprint density at radius 3 is 2.61 bits per heavy atom. The van der Waals surface area contributed by atoms with Crippen LogP contribution in [0.3, 0.4) is 0 Å². The molecule has 0 unspecified atom stereocenters. The van der Waals surface area contributed by atoms with Gasteiger partial charge in [-0.2, -0.15) is 4.80 Å². The minimum atomic E-state index is -0.163. The summed E-state index contributed by atoms with van der Waals surface area (Å²) in [7, 11) is 0. The predicted octanol–water partition coefficient (Wildman–Crippen LogP) is 1.36. The van der Waals surface area contributed by atoms with Crippen LogP contribution < -0.4 is 5.32 Å². The maximum Gasteiger partial charge on any atom is 0.243 e. The number of hydrogen-bond donors (Lipinski definition) is 1. The van der Waals surface area contributed by atoms with Crippen molar-refractivity contribution in [2.45, 2.75) is 20.0 Å². The van der Waals surface area contributed by atoms with Crippen molar-refractivity contribution in [3.8, 4) is 11.4 Å². The van der Waals surface area contributed by atoms with Crippen LogP contribution in [0.25, 0.3) is 11.4 Å². The molecule has 1 amide bonds. The third kappa shape index (κ3) is 3.97. The van der Waals surface area contributed by atoms with Crippen molar-refractivity contribution in [3.05, 3.63) is 59.9 Å². The summed E-state index contributed by atoms with van der Waals surface area (Å²) in [5, 5.41) is 14.9. The van der Waals surface area contributed by atoms with Crippen LogP contribution in [0.2, 0.25) is 0 Å². The van der Waals surface area contributed by atoms with E-state index in [1.54, 1.807) is 24.5 Å². The van der Waals surface area contributed by atoms with E-state index in [9.17, 15) is 4.79 Å². The van der Waals surface area contributed by atoms with E-state index < -0.39 is 0 Å². The smallest absolute Gasteiger partial charge is 0.243 e. The zero-order chi connectivity index (χ0) is 16.1. The van der Waals surface area contributed by atoms with Crippen molar-refractivity contribution >= 4 is 5.91 Å². The van der Waals surface area contributed by atoms with E-state index >= 15 is 0 Å². The molecule has 0 bridgehead atoms. The van der Waals surface area contributed by atoms with Crippen LogP contribution in [0.5, 0.6) is 0 Å². The Morgan fingerprint density at radius 1 is 1.13 bits per heavy atom. The zero-order valence-electron chi connectivity index (χ0n) is 12.7. The van der Waals surface area contributed by atoms with Crippen molar-refractivity contribution < 1.29 is 4.79 Å². The number of pyridine rings is 1. The number of aromatic nitrogens is 5. The van der Waals surface area contributed by atoms with Gasteiger partial charge in [0.2, 0.25) is 11.7 Å². The fourth-order valence-corrected chi connectivity index (χ4v) is 2.02. The number of aryl methyl sites for hydroxylation is 1. The highest BCUT2D eigenvalue weighted by Gasteiger charge is 2.09. The molecule has 1 aromatic carbocycles. The summed E-state index contributed by atoms with van der Waals surface area (Å²) in [5.74, 6) is 0.308. The van der Waals surface area contributed by atoms with Crippen LogP contribution in [-0.2, 0) is 17.9 Å². The van der Waals surface area contributed by atoms with E-state index in [-0.39, 0.29) is 12.5 Å². The lowest BCUT2D eigenvalue weighted by Crippen LogP contribution is -2.28. The first kappa shape index (κ1) is 14.8. The van der Waals surface area contributed by atoms with Gasteiger partial charge in [0.1, 0.15) is 6.54 Å². The Morgan fingerprint density at radius 2 is 1.87 bits per heavy atom. The molecular formula is C16H16N6O. The number of carbonyl (C=O) groups excluding carboxylic acids is 1. The summed E-state index contributed by atoms with van der Waals surface area (Å²) in [6.45, 7) is 2.54. The lowest BCUT2D eigenvalue weighted by atomic mass is 10.1. The van der Waals surface area contributed by atoms with Gasteiger partial charge in [0.25, 0.3) is 0 Å². The monoisotopic (exact) mass is 308 g/mol. The molecule has 23 heavy (non-hydrogen) atoms. The van der Waals surface area contributed by atoms with Gasteiger partial charge in [0.05, 0.1) is 0 Å². The summed E-state index contributed by atoms with van der Waals surface area (Å²) >= 11 is 0. The van der Waals surface area contributed by atoms with Crippen LogP contribution in [-0.4, -0.2) is 31.1 Å². The second kappa shape index (κ2) is 6.78. The molecule has 0 radical (unpaired) electrons. The van der Waals surface area contributed by atoms with Gasteiger partial charge in [-0.1, -0.05) is 29.8 Å². The van der Waals surface area contributed by atoms with Crippen LogP contribution in [0, 0.1) is 6.92 Å². The fourth-order valence-electron chi connectivity index (χ4n) is 2.02. The summed E-state index contributed by atoms with van der Waals surface area (Å²) < 4.78 is 0. The molecule has 3 aromatic rings. The molecule has 0 saturated carbocycles. The lowest BCUT2D eigenvalue weighted by molar-refractivity contribution is -0.122.